The lowest BCUT2D eigenvalue weighted by Crippen LogP contribution is -2.37. The Labute approximate surface area is 215 Å². The molecule has 2 aliphatic rings. The molecule has 0 radical (unpaired) electrons. The number of esters is 1. The molecule has 2 N–H and O–H groups in total. The van der Waals surface area contributed by atoms with E-state index in [4.69, 9.17) is 24.5 Å². The molecular formula is C26H33N7O4. The summed E-state index contributed by atoms with van der Waals surface area (Å²) in [4.78, 5) is 36.0. The Balaban J connectivity index is 1.48. The van der Waals surface area contributed by atoms with Crippen LogP contribution in [0.5, 0.6) is 0 Å². The van der Waals surface area contributed by atoms with Crippen LogP contribution in [0.15, 0.2) is 30.5 Å². The van der Waals surface area contributed by atoms with Crippen LogP contribution in [0.4, 0.5) is 16.4 Å². The van der Waals surface area contributed by atoms with Crippen LogP contribution in [0, 0.1) is 5.92 Å². The van der Waals surface area contributed by atoms with Gasteiger partial charge in [0.15, 0.2) is 5.65 Å². The molecule has 196 valence electrons. The molecule has 5 rings (SSSR count). The molecule has 1 saturated heterocycles. The number of benzene rings is 1. The molecule has 1 aliphatic heterocycles. The maximum atomic E-state index is 12.2. The summed E-state index contributed by atoms with van der Waals surface area (Å²) in [7, 11) is 1.58. The highest BCUT2D eigenvalue weighted by Crippen LogP contribution is 2.36. The molecule has 1 aromatic carbocycles. The lowest BCUT2D eigenvalue weighted by Gasteiger charge is -2.29. The molecule has 2 aromatic heterocycles. The van der Waals surface area contributed by atoms with E-state index >= 15 is 0 Å². The minimum absolute atomic E-state index is 0.0472. The van der Waals surface area contributed by atoms with Gasteiger partial charge in [-0.1, -0.05) is 12.1 Å². The highest BCUT2D eigenvalue weighted by atomic mass is 16.5. The molecule has 2 amide bonds. The quantitative estimate of drug-likeness (QED) is 0.487. The fourth-order valence-corrected chi connectivity index (χ4v) is 5.03. The summed E-state index contributed by atoms with van der Waals surface area (Å²) in [5.41, 5.74) is 3.19. The number of hydrogen-bond acceptors (Lipinski definition) is 8. The fraction of sp³-hybridized carbons (Fsp3) is 0.500. The lowest BCUT2D eigenvalue weighted by molar-refractivity contribution is -0.149. The smallest absolute Gasteiger partial charge is 0.318 e. The molecule has 3 aromatic rings. The Morgan fingerprint density at radius 1 is 1.08 bits per heavy atom. The Morgan fingerprint density at radius 2 is 1.81 bits per heavy atom. The van der Waals surface area contributed by atoms with Crippen LogP contribution in [0.3, 0.4) is 0 Å². The second-order valence-corrected chi connectivity index (χ2v) is 9.34. The number of aromatic nitrogens is 4. The van der Waals surface area contributed by atoms with Crippen molar-refractivity contribution in [2.45, 2.75) is 38.6 Å². The summed E-state index contributed by atoms with van der Waals surface area (Å²) in [6.07, 6.45) is 5.07. The van der Waals surface area contributed by atoms with E-state index in [2.05, 4.69) is 15.5 Å². The number of hydrogen-bond donors (Lipinski definition) is 2. The van der Waals surface area contributed by atoms with E-state index in [1.807, 2.05) is 42.1 Å². The van der Waals surface area contributed by atoms with Crippen LogP contribution in [0.25, 0.3) is 22.3 Å². The van der Waals surface area contributed by atoms with E-state index in [1.165, 1.54) is 0 Å². The second kappa shape index (κ2) is 11.1. The molecule has 1 aliphatic carbocycles. The zero-order chi connectivity index (χ0) is 25.8. The van der Waals surface area contributed by atoms with E-state index in [1.54, 1.807) is 7.05 Å². The number of nitrogens with one attached hydrogen (secondary N) is 2. The second-order valence-electron chi connectivity index (χ2n) is 9.34. The Kier molecular flexibility index (Phi) is 7.50. The maximum Gasteiger partial charge on any atom is 0.318 e. The summed E-state index contributed by atoms with van der Waals surface area (Å²) in [5.74, 6) is 0.509. The zero-order valence-corrected chi connectivity index (χ0v) is 21.3. The number of nitrogens with zero attached hydrogens (tertiary/aromatic N) is 5. The number of carbonyl (C=O) groups excluding carboxylic acids is 2. The van der Waals surface area contributed by atoms with Gasteiger partial charge in [0.2, 0.25) is 5.95 Å². The standard InChI is InChI=1S/C26H33N7O4/c1-3-37-24(34)18-6-10-20(11-7-18)33-23-21(16-28-33)22(30-25(31-23)32-12-14-36-15-13-32)17-4-8-19(9-5-17)29-26(35)27-2/h4-5,8-9,16,18,20H,3,6-7,10-15H2,1-2H3,(H2,27,29,35). The average molecular weight is 508 g/mol. The number of urea groups is 1. The van der Waals surface area contributed by atoms with Crippen molar-refractivity contribution in [3.05, 3.63) is 30.5 Å². The molecule has 0 spiro atoms. The number of ether oxygens (including phenoxy) is 2. The Morgan fingerprint density at radius 3 is 2.49 bits per heavy atom. The summed E-state index contributed by atoms with van der Waals surface area (Å²) in [5, 5.41) is 11.0. The van der Waals surface area contributed by atoms with Crippen LogP contribution in [-0.2, 0) is 14.3 Å². The topological polar surface area (TPSA) is 124 Å². The molecule has 1 saturated carbocycles. The van der Waals surface area contributed by atoms with Gasteiger partial charge in [0, 0.05) is 31.4 Å². The van der Waals surface area contributed by atoms with E-state index in [-0.39, 0.29) is 24.0 Å². The van der Waals surface area contributed by atoms with Crippen LogP contribution in [0.1, 0.15) is 38.6 Å². The van der Waals surface area contributed by atoms with Crippen molar-refractivity contribution in [3.63, 3.8) is 0 Å². The van der Waals surface area contributed by atoms with Crippen LogP contribution in [-0.4, -0.2) is 71.7 Å². The normalized spacial score (nSPS) is 20.0. The summed E-state index contributed by atoms with van der Waals surface area (Å²) in [6.45, 7) is 4.96. The first kappa shape index (κ1) is 24.9. The third-order valence-electron chi connectivity index (χ3n) is 7.04. The molecule has 0 unspecified atom stereocenters. The zero-order valence-electron chi connectivity index (χ0n) is 21.3. The number of anilines is 2. The summed E-state index contributed by atoms with van der Waals surface area (Å²) >= 11 is 0. The van der Waals surface area contributed by atoms with Crippen molar-refractivity contribution < 1.29 is 19.1 Å². The van der Waals surface area contributed by atoms with E-state index in [9.17, 15) is 9.59 Å². The average Bonchev–Trinajstić information content (AvgIpc) is 3.38. The third kappa shape index (κ3) is 5.36. The van der Waals surface area contributed by atoms with Gasteiger partial charge < -0.3 is 25.0 Å². The highest BCUT2D eigenvalue weighted by Gasteiger charge is 2.30. The van der Waals surface area contributed by atoms with Crippen molar-refractivity contribution in [2.75, 3.05) is 50.2 Å². The highest BCUT2D eigenvalue weighted by molar-refractivity contribution is 5.93. The van der Waals surface area contributed by atoms with Crippen molar-refractivity contribution in [3.8, 4) is 11.3 Å². The first-order valence-electron chi connectivity index (χ1n) is 12.9. The predicted molar refractivity (Wildman–Crippen MR) is 139 cm³/mol. The number of carbonyl (C=O) groups is 2. The fourth-order valence-electron chi connectivity index (χ4n) is 5.03. The van der Waals surface area contributed by atoms with Gasteiger partial charge in [0.25, 0.3) is 0 Å². The molecule has 11 heteroatoms. The third-order valence-corrected chi connectivity index (χ3v) is 7.04. The van der Waals surface area contributed by atoms with Gasteiger partial charge in [-0.25, -0.2) is 14.5 Å². The monoisotopic (exact) mass is 507 g/mol. The molecule has 0 bridgehead atoms. The molecule has 3 heterocycles. The van der Waals surface area contributed by atoms with Gasteiger partial charge in [-0.05, 0) is 44.7 Å². The molecule has 2 fully saturated rings. The number of rotatable bonds is 6. The summed E-state index contributed by atoms with van der Waals surface area (Å²) < 4.78 is 12.8. The number of fused-ring (bicyclic) bond motifs is 1. The molecule has 11 nitrogen and oxygen atoms in total. The lowest BCUT2D eigenvalue weighted by atomic mass is 9.86. The van der Waals surface area contributed by atoms with Gasteiger partial charge in [-0.3, -0.25) is 4.79 Å². The SMILES string of the molecule is CCOC(=O)C1CCC(n2ncc3c(-c4ccc(NC(=O)NC)cc4)nc(N4CCOCC4)nc32)CC1. The minimum atomic E-state index is -0.272. The van der Waals surface area contributed by atoms with E-state index in [0.717, 1.165) is 61.1 Å². The summed E-state index contributed by atoms with van der Waals surface area (Å²) in [6, 6.07) is 7.48. The van der Waals surface area contributed by atoms with Crippen LogP contribution in [0.2, 0.25) is 0 Å². The van der Waals surface area contributed by atoms with Gasteiger partial charge in [-0.15, -0.1) is 0 Å². The minimum Gasteiger partial charge on any atom is -0.466 e. The van der Waals surface area contributed by atoms with Crippen molar-refractivity contribution in [1.29, 1.82) is 0 Å². The van der Waals surface area contributed by atoms with E-state index < -0.39 is 0 Å². The molecular weight excluding hydrogens is 474 g/mol. The van der Waals surface area contributed by atoms with Crippen LogP contribution >= 0.6 is 0 Å². The van der Waals surface area contributed by atoms with Gasteiger partial charge >= 0.3 is 12.0 Å². The van der Waals surface area contributed by atoms with Crippen LogP contribution < -0.4 is 15.5 Å². The maximum absolute atomic E-state index is 12.2. The van der Waals surface area contributed by atoms with E-state index in [0.29, 0.717) is 31.5 Å². The first-order valence-corrected chi connectivity index (χ1v) is 12.9. The van der Waals surface area contributed by atoms with Gasteiger partial charge in [0.1, 0.15) is 0 Å². The van der Waals surface area contributed by atoms with Gasteiger partial charge in [-0.2, -0.15) is 10.1 Å². The Hall–Kier alpha value is -3.73. The predicted octanol–water partition coefficient (Wildman–Crippen LogP) is 3.38. The van der Waals surface area contributed by atoms with Gasteiger partial charge in [0.05, 0.1) is 49.1 Å². The molecule has 37 heavy (non-hydrogen) atoms. The number of morpholine rings is 1. The Bertz CT molecular complexity index is 1250. The largest absolute Gasteiger partial charge is 0.466 e. The molecule has 0 atom stereocenters. The number of amides is 2. The first-order chi connectivity index (χ1) is 18.1. The van der Waals surface area contributed by atoms with Crippen molar-refractivity contribution >= 4 is 34.7 Å². The van der Waals surface area contributed by atoms with Crippen molar-refractivity contribution in [2.24, 2.45) is 5.92 Å². The van der Waals surface area contributed by atoms with Crippen molar-refractivity contribution in [1.82, 2.24) is 25.1 Å².